The second-order valence-electron chi connectivity index (χ2n) is 4.67. The van der Waals surface area contributed by atoms with Crippen LogP contribution in [0.4, 0.5) is 4.39 Å². The molecule has 1 heterocycles. The van der Waals surface area contributed by atoms with Crippen LogP contribution in [0.1, 0.15) is 37.4 Å². The molecule has 4 heteroatoms. The molecule has 2 nitrogen and oxygen atoms in total. The molecule has 2 rings (SSSR count). The summed E-state index contributed by atoms with van der Waals surface area (Å²) in [4.78, 5) is 4.47. The van der Waals surface area contributed by atoms with E-state index in [1.54, 1.807) is 24.8 Å². The van der Waals surface area contributed by atoms with Crippen LogP contribution in [0, 0.1) is 12.7 Å². The van der Waals surface area contributed by atoms with Gasteiger partial charge in [-0.1, -0.05) is 30.8 Å². The molecule has 0 amide bonds. The van der Waals surface area contributed by atoms with Gasteiger partial charge in [0.2, 0.25) is 0 Å². The number of benzene rings is 1. The minimum atomic E-state index is -0.145. The third-order valence-electron chi connectivity index (χ3n) is 3.21. The summed E-state index contributed by atoms with van der Waals surface area (Å²) in [6, 6.07) is 5.47. The monoisotopic (exact) mass is 266 g/mol. The van der Waals surface area contributed by atoms with Crippen LogP contribution in [-0.2, 0) is 0 Å². The molecule has 1 aromatic rings. The third kappa shape index (κ3) is 3.05. The van der Waals surface area contributed by atoms with Crippen LogP contribution >= 0.6 is 11.8 Å². The van der Waals surface area contributed by atoms with Crippen LogP contribution in [0.15, 0.2) is 23.2 Å². The molecule has 0 fully saturated rings. The normalized spacial score (nSPS) is 20.7. The number of nitrogens with one attached hydrogen (secondary N) is 1. The van der Waals surface area contributed by atoms with E-state index in [0.29, 0.717) is 10.8 Å². The standard InChI is InChI=1S/C14H19FN2S/c1-4-12-8-16-14(18-12)17-10(3)11-6-5-9(2)13(15)7-11/h5-7,10,12H,4,8H2,1-3H3,(H,16,17). The molecular weight excluding hydrogens is 247 g/mol. The Hall–Kier alpha value is -1.03. The highest BCUT2D eigenvalue weighted by Gasteiger charge is 2.19. The number of hydrogen-bond donors (Lipinski definition) is 1. The van der Waals surface area contributed by atoms with Gasteiger partial charge in [0.1, 0.15) is 5.82 Å². The highest BCUT2D eigenvalue weighted by atomic mass is 32.2. The quantitative estimate of drug-likeness (QED) is 0.902. The molecular formula is C14H19FN2S. The number of rotatable bonds is 3. The van der Waals surface area contributed by atoms with Crippen LogP contribution in [0.25, 0.3) is 0 Å². The molecule has 0 aliphatic carbocycles. The Kier molecular flexibility index (Phi) is 4.27. The first kappa shape index (κ1) is 13.4. The minimum absolute atomic E-state index is 0.0851. The molecule has 2 unspecified atom stereocenters. The molecule has 0 saturated heterocycles. The van der Waals surface area contributed by atoms with E-state index < -0.39 is 0 Å². The topological polar surface area (TPSA) is 24.4 Å². The summed E-state index contributed by atoms with van der Waals surface area (Å²) in [5.41, 5.74) is 1.64. The lowest BCUT2D eigenvalue weighted by atomic mass is 10.1. The Morgan fingerprint density at radius 3 is 2.94 bits per heavy atom. The highest BCUT2D eigenvalue weighted by Crippen LogP contribution is 2.24. The fraction of sp³-hybridized carbons (Fsp3) is 0.500. The zero-order chi connectivity index (χ0) is 13.1. The Bertz CT molecular complexity index is 459. The van der Waals surface area contributed by atoms with E-state index in [1.807, 2.05) is 19.1 Å². The van der Waals surface area contributed by atoms with Gasteiger partial charge in [0, 0.05) is 5.25 Å². The van der Waals surface area contributed by atoms with E-state index in [2.05, 4.69) is 17.2 Å². The number of aryl methyl sites for hydroxylation is 1. The van der Waals surface area contributed by atoms with Crippen molar-refractivity contribution < 1.29 is 4.39 Å². The van der Waals surface area contributed by atoms with Crippen molar-refractivity contribution in [3.63, 3.8) is 0 Å². The van der Waals surface area contributed by atoms with E-state index in [1.165, 1.54) is 0 Å². The number of amidine groups is 1. The van der Waals surface area contributed by atoms with E-state index in [9.17, 15) is 4.39 Å². The van der Waals surface area contributed by atoms with Crippen molar-refractivity contribution in [1.29, 1.82) is 0 Å². The minimum Gasteiger partial charge on any atom is -0.358 e. The van der Waals surface area contributed by atoms with Crippen LogP contribution in [0.5, 0.6) is 0 Å². The van der Waals surface area contributed by atoms with Crippen LogP contribution in [0.2, 0.25) is 0 Å². The average Bonchev–Trinajstić information content (AvgIpc) is 2.80. The Morgan fingerprint density at radius 1 is 1.56 bits per heavy atom. The van der Waals surface area contributed by atoms with E-state index in [0.717, 1.165) is 23.7 Å². The van der Waals surface area contributed by atoms with Gasteiger partial charge in [0.15, 0.2) is 5.17 Å². The summed E-state index contributed by atoms with van der Waals surface area (Å²) < 4.78 is 13.5. The summed E-state index contributed by atoms with van der Waals surface area (Å²) >= 11 is 1.79. The molecule has 0 saturated carbocycles. The van der Waals surface area contributed by atoms with Gasteiger partial charge in [0.05, 0.1) is 12.6 Å². The molecule has 0 bridgehead atoms. The van der Waals surface area contributed by atoms with Crippen LogP contribution in [0.3, 0.4) is 0 Å². The van der Waals surface area contributed by atoms with E-state index in [4.69, 9.17) is 0 Å². The predicted molar refractivity (Wildman–Crippen MR) is 76.7 cm³/mol. The fourth-order valence-electron chi connectivity index (χ4n) is 1.86. The molecule has 1 N–H and O–H groups in total. The Balaban J connectivity index is 1.99. The third-order valence-corrected chi connectivity index (χ3v) is 4.49. The van der Waals surface area contributed by atoms with Gasteiger partial charge in [-0.3, -0.25) is 4.99 Å². The summed E-state index contributed by atoms with van der Waals surface area (Å²) in [6.45, 7) is 6.87. The highest BCUT2D eigenvalue weighted by molar-refractivity contribution is 8.14. The number of nitrogens with zero attached hydrogens (tertiary/aromatic N) is 1. The van der Waals surface area contributed by atoms with Crippen molar-refractivity contribution in [2.24, 2.45) is 4.99 Å². The molecule has 0 aromatic heterocycles. The van der Waals surface area contributed by atoms with Crippen LogP contribution < -0.4 is 5.32 Å². The second-order valence-corrected chi connectivity index (χ2v) is 5.96. The second kappa shape index (κ2) is 5.74. The maximum atomic E-state index is 13.5. The van der Waals surface area contributed by atoms with Crippen LogP contribution in [-0.4, -0.2) is 17.0 Å². The van der Waals surface area contributed by atoms with Gasteiger partial charge in [-0.2, -0.15) is 0 Å². The Morgan fingerprint density at radius 2 is 2.33 bits per heavy atom. The first-order valence-electron chi connectivity index (χ1n) is 6.33. The zero-order valence-electron chi connectivity index (χ0n) is 11.0. The van der Waals surface area contributed by atoms with Gasteiger partial charge in [-0.05, 0) is 37.5 Å². The first-order chi connectivity index (χ1) is 8.60. The average molecular weight is 266 g/mol. The zero-order valence-corrected chi connectivity index (χ0v) is 11.9. The van der Waals surface area contributed by atoms with Crippen molar-refractivity contribution in [3.05, 3.63) is 35.1 Å². The van der Waals surface area contributed by atoms with Gasteiger partial charge in [-0.15, -0.1) is 0 Å². The predicted octanol–water partition coefficient (Wildman–Crippen LogP) is 3.67. The van der Waals surface area contributed by atoms with E-state index in [-0.39, 0.29) is 11.9 Å². The lowest BCUT2D eigenvalue weighted by Gasteiger charge is -2.16. The van der Waals surface area contributed by atoms with Gasteiger partial charge >= 0.3 is 0 Å². The number of hydrogen-bond acceptors (Lipinski definition) is 3. The number of aliphatic imine (C=N–C) groups is 1. The Labute approximate surface area is 112 Å². The van der Waals surface area contributed by atoms with Gasteiger partial charge < -0.3 is 5.32 Å². The molecule has 1 aliphatic heterocycles. The SMILES string of the molecule is CCC1CN=C(NC(C)c2ccc(C)c(F)c2)S1. The van der Waals surface area contributed by atoms with Crippen molar-refractivity contribution in [1.82, 2.24) is 5.32 Å². The molecule has 18 heavy (non-hydrogen) atoms. The van der Waals surface area contributed by atoms with Crippen molar-refractivity contribution in [2.75, 3.05) is 6.54 Å². The summed E-state index contributed by atoms with van der Waals surface area (Å²) in [7, 11) is 0. The van der Waals surface area contributed by atoms with Gasteiger partial charge in [0.25, 0.3) is 0 Å². The molecule has 2 atom stereocenters. The summed E-state index contributed by atoms with van der Waals surface area (Å²) in [5, 5.41) is 4.93. The summed E-state index contributed by atoms with van der Waals surface area (Å²) in [6.07, 6.45) is 1.13. The molecule has 0 radical (unpaired) electrons. The van der Waals surface area contributed by atoms with E-state index >= 15 is 0 Å². The molecule has 1 aliphatic rings. The molecule has 98 valence electrons. The van der Waals surface area contributed by atoms with Crippen molar-refractivity contribution in [3.8, 4) is 0 Å². The molecule has 1 aromatic carbocycles. The lowest BCUT2D eigenvalue weighted by molar-refractivity contribution is 0.609. The maximum absolute atomic E-state index is 13.5. The number of thioether (sulfide) groups is 1. The van der Waals surface area contributed by atoms with Crippen molar-refractivity contribution >= 4 is 16.9 Å². The maximum Gasteiger partial charge on any atom is 0.157 e. The lowest BCUT2D eigenvalue weighted by Crippen LogP contribution is -2.23. The largest absolute Gasteiger partial charge is 0.358 e. The van der Waals surface area contributed by atoms with Gasteiger partial charge in [-0.25, -0.2) is 4.39 Å². The smallest absolute Gasteiger partial charge is 0.157 e. The van der Waals surface area contributed by atoms with Crippen molar-refractivity contribution in [2.45, 2.75) is 38.5 Å². The molecule has 0 spiro atoms. The first-order valence-corrected chi connectivity index (χ1v) is 7.21. The summed E-state index contributed by atoms with van der Waals surface area (Å²) in [5.74, 6) is -0.145. The number of halogens is 1. The fourth-order valence-corrected chi connectivity index (χ4v) is 2.88.